The molecule has 0 radical (unpaired) electrons. The van der Waals surface area contributed by atoms with Crippen molar-refractivity contribution < 1.29 is 4.79 Å². The molecule has 1 heterocycles. The first-order valence-electron chi connectivity index (χ1n) is 5.09. The molecule has 1 aromatic carbocycles. The number of hydrogen-bond donors (Lipinski definition) is 2. The molecule has 1 amide bonds. The molecule has 0 aliphatic carbocycles. The van der Waals surface area contributed by atoms with Crippen LogP contribution in [0.25, 0.3) is 0 Å². The third-order valence-electron chi connectivity index (χ3n) is 2.42. The lowest BCUT2D eigenvalue weighted by Gasteiger charge is -2.09. The zero-order valence-corrected chi connectivity index (χ0v) is 11.8. The molecule has 18 heavy (non-hydrogen) atoms. The van der Waals surface area contributed by atoms with Gasteiger partial charge in [0.15, 0.2) is 0 Å². The number of nitrogen functional groups attached to an aromatic ring is 1. The minimum Gasteiger partial charge on any atom is -0.398 e. The normalized spacial score (nSPS) is 10.4. The van der Waals surface area contributed by atoms with E-state index in [9.17, 15) is 4.79 Å². The van der Waals surface area contributed by atoms with Crippen LogP contribution in [0.1, 0.15) is 15.2 Å². The molecule has 2 aromatic rings. The number of amides is 1. The molecule has 0 saturated carbocycles. The number of halogens is 2. The van der Waals surface area contributed by atoms with Crippen molar-refractivity contribution in [1.29, 1.82) is 0 Å². The standard InChI is InChI=1S/C12H10Cl2N2OS/c1-6-4-9(15)8(14)5-10(6)16-12(17)11-7(13)2-3-18-11/h2-5H,15H2,1H3,(H,16,17). The highest BCUT2D eigenvalue weighted by Crippen LogP contribution is 2.28. The van der Waals surface area contributed by atoms with Crippen LogP contribution in [0.15, 0.2) is 23.6 Å². The maximum atomic E-state index is 12.0. The van der Waals surface area contributed by atoms with Crippen molar-refractivity contribution in [3.8, 4) is 0 Å². The second-order valence-corrected chi connectivity index (χ2v) is 5.47. The van der Waals surface area contributed by atoms with E-state index in [0.29, 0.717) is 26.3 Å². The van der Waals surface area contributed by atoms with Crippen molar-refractivity contribution >= 4 is 51.8 Å². The predicted molar refractivity (Wildman–Crippen MR) is 77.9 cm³/mol. The molecule has 0 saturated heterocycles. The van der Waals surface area contributed by atoms with E-state index in [2.05, 4.69) is 5.32 Å². The number of nitrogens with two attached hydrogens (primary N) is 1. The Labute approximate surface area is 119 Å². The Hall–Kier alpha value is -1.23. The lowest BCUT2D eigenvalue weighted by atomic mass is 10.1. The highest BCUT2D eigenvalue weighted by molar-refractivity contribution is 7.12. The molecule has 94 valence electrons. The summed E-state index contributed by atoms with van der Waals surface area (Å²) in [6.07, 6.45) is 0. The topological polar surface area (TPSA) is 55.1 Å². The first-order valence-corrected chi connectivity index (χ1v) is 6.72. The Morgan fingerprint density at radius 2 is 2.06 bits per heavy atom. The number of rotatable bonds is 2. The van der Waals surface area contributed by atoms with Gasteiger partial charge >= 0.3 is 0 Å². The van der Waals surface area contributed by atoms with Gasteiger partial charge in [-0.3, -0.25) is 4.79 Å². The van der Waals surface area contributed by atoms with Crippen molar-refractivity contribution in [3.05, 3.63) is 44.1 Å². The number of carbonyl (C=O) groups excluding carboxylic acids is 1. The van der Waals surface area contributed by atoms with Gasteiger partial charge in [-0.25, -0.2) is 0 Å². The van der Waals surface area contributed by atoms with E-state index in [-0.39, 0.29) is 5.91 Å². The Morgan fingerprint density at radius 3 is 2.67 bits per heavy atom. The number of aryl methyl sites for hydroxylation is 1. The summed E-state index contributed by atoms with van der Waals surface area (Å²) in [5.41, 5.74) is 7.64. The number of anilines is 2. The highest BCUT2D eigenvalue weighted by Gasteiger charge is 2.13. The molecule has 0 unspecified atom stereocenters. The van der Waals surface area contributed by atoms with Gasteiger partial charge in [0.05, 0.1) is 15.7 Å². The SMILES string of the molecule is Cc1cc(N)c(Cl)cc1NC(=O)c1sccc1Cl. The predicted octanol–water partition coefficient (Wildman–Crippen LogP) is 4.20. The van der Waals surface area contributed by atoms with E-state index in [0.717, 1.165) is 5.56 Å². The van der Waals surface area contributed by atoms with Crippen molar-refractivity contribution in [2.24, 2.45) is 0 Å². The number of hydrogen-bond acceptors (Lipinski definition) is 3. The number of benzene rings is 1. The van der Waals surface area contributed by atoms with E-state index >= 15 is 0 Å². The smallest absolute Gasteiger partial charge is 0.267 e. The van der Waals surface area contributed by atoms with Crippen LogP contribution in [0.4, 0.5) is 11.4 Å². The summed E-state index contributed by atoms with van der Waals surface area (Å²) in [7, 11) is 0. The number of nitrogens with one attached hydrogen (secondary N) is 1. The molecule has 6 heteroatoms. The van der Waals surface area contributed by atoms with Gasteiger partial charge in [0, 0.05) is 5.69 Å². The van der Waals surface area contributed by atoms with Gasteiger partial charge in [0.25, 0.3) is 5.91 Å². The van der Waals surface area contributed by atoms with Crippen molar-refractivity contribution in [1.82, 2.24) is 0 Å². The monoisotopic (exact) mass is 300 g/mol. The fourth-order valence-electron chi connectivity index (χ4n) is 1.47. The van der Waals surface area contributed by atoms with Crippen molar-refractivity contribution in [2.45, 2.75) is 6.92 Å². The molecular formula is C12H10Cl2N2OS. The molecule has 0 fully saturated rings. The quantitative estimate of drug-likeness (QED) is 0.817. The van der Waals surface area contributed by atoms with Crippen LogP contribution in [0.2, 0.25) is 10.0 Å². The minimum atomic E-state index is -0.251. The Bertz CT molecular complexity index is 610. The third-order valence-corrected chi connectivity index (χ3v) is 4.08. The fraction of sp³-hybridized carbons (Fsp3) is 0.0833. The molecule has 0 atom stereocenters. The molecule has 0 bridgehead atoms. The Kier molecular flexibility index (Phi) is 3.80. The summed E-state index contributed by atoms with van der Waals surface area (Å²) in [5.74, 6) is -0.251. The van der Waals surface area contributed by atoms with Crippen LogP contribution in [0.3, 0.4) is 0 Å². The molecule has 3 nitrogen and oxygen atoms in total. The molecule has 2 rings (SSSR count). The fourth-order valence-corrected chi connectivity index (χ4v) is 2.67. The van der Waals surface area contributed by atoms with Gasteiger partial charge < -0.3 is 11.1 Å². The van der Waals surface area contributed by atoms with Gasteiger partial charge in [-0.1, -0.05) is 23.2 Å². The zero-order valence-electron chi connectivity index (χ0n) is 9.46. The van der Waals surface area contributed by atoms with Gasteiger partial charge in [-0.2, -0.15) is 0 Å². The first kappa shape index (κ1) is 13.2. The molecule has 1 aromatic heterocycles. The highest BCUT2D eigenvalue weighted by atomic mass is 35.5. The summed E-state index contributed by atoms with van der Waals surface area (Å²) in [5, 5.41) is 5.38. The van der Waals surface area contributed by atoms with Crippen molar-refractivity contribution in [3.63, 3.8) is 0 Å². The maximum Gasteiger partial charge on any atom is 0.267 e. The van der Waals surface area contributed by atoms with E-state index in [1.165, 1.54) is 11.3 Å². The summed E-state index contributed by atoms with van der Waals surface area (Å²) < 4.78 is 0. The zero-order chi connectivity index (χ0) is 13.3. The van der Waals surface area contributed by atoms with Crippen LogP contribution >= 0.6 is 34.5 Å². The van der Waals surface area contributed by atoms with Crippen molar-refractivity contribution in [2.75, 3.05) is 11.1 Å². The number of carbonyl (C=O) groups is 1. The average molecular weight is 301 g/mol. The maximum absolute atomic E-state index is 12.0. The molecular weight excluding hydrogens is 291 g/mol. The Morgan fingerprint density at radius 1 is 1.33 bits per heavy atom. The van der Waals surface area contributed by atoms with Crippen LogP contribution in [-0.4, -0.2) is 5.91 Å². The van der Waals surface area contributed by atoms with E-state index in [1.54, 1.807) is 23.6 Å². The van der Waals surface area contributed by atoms with Crippen LogP contribution in [0, 0.1) is 6.92 Å². The average Bonchev–Trinajstić information content (AvgIpc) is 2.72. The second-order valence-electron chi connectivity index (χ2n) is 3.74. The lowest BCUT2D eigenvalue weighted by molar-refractivity contribution is 0.103. The largest absolute Gasteiger partial charge is 0.398 e. The molecule has 3 N–H and O–H groups in total. The second kappa shape index (κ2) is 5.18. The lowest BCUT2D eigenvalue weighted by Crippen LogP contribution is -2.11. The van der Waals surface area contributed by atoms with Gasteiger partial charge in [0.1, 0.15) is 4.88 Å². The summed E-state index contributed by atoms with van der Waals surface area (Å²) >= 11 is 13.1. The molecule has 0 aliphatic heterocycles. The molecule has 0 spiro atoms. The van der Waals surface area contributed by atoms with E-state index in [4.69, 9.17) is 28.9 Å². The van der Waals surface area contributed by atoms with E-state index in [1.807, 2.05) is 6.92 Å². The van der Waals surface area contributed by atoms with Crippen LogP contribution in [-0.2, 0) is 0 Å². The van der Waals surface area contributed by atoms with Gasteiger partial charge in [-0.15, -0.1) is 11.3 Å². The summed E-state index contributed by atoms with van der Waals surface area (Å²) in [6, 6.07) is 5.03. The van der Waals surface area contributed by atoms with Crippen LogP contribution in [0.5, 0.6) is 0 Å². The third kappa shape index (κ3) is 2.61. The van der Waals surface area contributed by atoms with Crippen LogP contribution < -0.4 is 11.1 Å². The number of thiophene rings is 1. The summed E-state index contributed by atoms with van der Waals surface area (Å²) in [4.78, 5) is 12.5. The molecule has 0 aliphatic rings. The van der Waals surface area contributed by atoms with Gasteiger partial charge in [0.2, 0.25) is 0 Å². The first-order chi connectivity index (χ1) is 8.49. The van der Waals surface area contributed by atoms with E-state index < -0.39 is 0 Å². The van der Waals surface area contributed by atoms with Gasteiger partial charge in [-0.05, 0) is 36.1 Å². The Balaban J connectivity index is 2.28. The summed E-state index contributed by atoms with van der Waals surface area (Å²) in [6.45, 7) is 1.85. The minimum absolute atomic E-state index is 0.251.